The molecule has 1 aromatic carbocycles. The second-order valence-corrected chi connectivity index (χ2v) is 7.28. The lowest BCUT2D eigenvalue weighted by Gasteiger charge is -2.24. The monoisotopic (exact) mass is 374 g/mol. The van der Waals surface area contributed by atoms with Gasteiger partial charge in [0.15, 0.2) is 0 Å². The fourth-order valence-corrected chi connectivity index (χ4v) is 3.91. The van der Waals surface area contributed by atoms with E-state index in [4.69, 9.17) is 11.6 Å². The number of amides is 4. The van der Waals surface area contributed by atoms with E-state index in [1.165, 1.54) is 0 Å². The molecular weight excluding hydrogens is 356 g/mol. The maximum absolute atomic E-state index is 12.9. The van der Waals surface area contributed by atoms with Crippen LogP contribution in [0.15, 0.2) is 24.3 Å². The van der Waals surface area contributed by atoms with Crippen molar-refractivity contribution in [1.82, 2.24) is 15.5 Å². The lowest BCUT2D eigenvalue weighted by Crippen LogP contribution is -2.50. The van der Waals surface area contributed by atoms with Crippen molar-refractivity contribution in [2.75, 3.05) is 6.54 Å². The van der Waals surface area contributed by atoms with Gasteiger partial charge in [-0.3, -0.25) is 14.5 Å². The predicted octanol–water partition coefficient (Wildman–Crippen LogP) is 2.06. The number of urea groups is 1. The Hall–Kier alpha value is -2.59. The summed E-state index contributed by atoms with van der Waals surface area (Å²) in [5.74, 6) is -1.08. The maximum atomic E-state index is 12.9. The van der Waals surface area contributed by atoms with Crippen molar-refractivity contribution >= 4 is 29.4 Å². The molecule has 1 aliphatic carbocycles. The zero-order valence-electron chi connectivity index (χ0n) is 14.3. The topological polar surface area (TPSA) is 102 Å². The Morgan fingerprint density at radius 2 is 2.00 bits per heavy atom. The van der Waals surface area contributed by atoms with Gasteiger partial charge in [0.1, 0.15) is 17.6 Å². The molecule has 0 radical (unpaired) electrons. The maximum Gasteiger partial charge on any atom is 0.325 e. The van der Waals surface area contributed by atoms with Crippen LogP contribution in [0.2, 0.25) is 5.02 Å². The molecule has 2 N–H and O–H groups in total. The second kappa shape index (κ2) is 6.61. The molecule has 1 saturated heterocycles. The molecule has 1 aliphatic heterocycles. The van der Waals surface area contributed by atoms with Gasteiger partial charge in [0.25, 0.3) is 5.91 Å². The van der Waals surface area contributed by atoms with Gasteiger partial charge in [0, 0.05) is 10.6 Å². The van der Waals surface area contributed by atoms with Gasteiger partial charge < -0.3 is 10.6 Å². The van der Waals surface area contributed by atoms with Crippen LogP contribution in [0.3, 0.4) is 0 Å². The van der Waals surface area contributed by atoms with Gasteiger partial charge in [-0.2, -0.15) is 5.26 Å². The molecule has 26 heavy (non-hydrogen) atoms. The van der Waals surface area contributed by atoms with Crippen LogP contribution >= 0.6 is 11.6 Å². The molecule has 0 aromatic heterocycles. The van der Waals surface area contributed by atoms with Crippen LogP contribution in [-0.4, -0.2) is 34.8 Å². The molecule has 0 spiro atoms. The minimum absolute atomic E-state index is 0.351. The highest BCUT2D eigenvalue weighted by molar-refractivity contribution is 6.32. The Morgan fingerprint density at radius 1 is 1.35 bits per heavy atom. The first-order valence-corrected chi connectivity index (χ1v) is 8.80. The number of nitrogens with one attached hydrogen (secondary N) is 2. The van der Waals surface area contributed by atoms with E-state index in [0.29, 0.717) is 23.4 Å². The third kappa shape index (κ3) is 3.01. The third-order valence-corrected chi connectivity index (χ3v) is 5.37. The highest BCUT2D eigenvalue weighted by atomic mass is 35.5. The molecule has 0 unspecified atom stereocenters. The summed E-state index contributed by atoms with van der Waals surface area (Å²) >= 11 is 6.17. The summed E-state index contributed by atoms with van der Waals surface area (Å²) in [6, 6.07) is 8.23. The number of carbonyl (C=O) groups excluding carboxylic acids is 3. The summed E-state index contributed by atoms with van der Waals surface area (Å²) in [6.45, 7) is 1.12. The molecule has 8 heteroatoms. The molecule has 4 amide bonds. The summed E-state index contributed by atoms with van der Waals surface area (Å²) in [7, 11) is 0. The lowest BCUT2D eigenvalue weighted by molar-refractivity contribution is -0.135. The predicted molar refractivity (Wildman–Crippen MR) is 94.0 cm³/mol. The quantitative estimate of drug-likeness (QED) is 0.787. The van der Waals surface area contributed by atoms with Crippen molar-refractivity contribution in [3.05, 3.63) is 34.9 Å². The van der Waals surface area contributed by atoms with E-state index < -0.39 is 35.5 Å². The number of benzene rings is 1. The standard InChI is InChI=1S/C18H19ClN4O3/c1-17(12-6-2-3-7-13(12)19)15(25)23(16(26)22-17)10-14(24)21-18(11-20)8-4-5-9-18/h2-3,6-7H,4-5,8-10H2,1H3,(H,21,24)(H,22,26)/t17-/m1/s1. The van der Waals surface area contributed by atoms with E-state index in [0.717, 1.165) is 17.7 Å². The summed E-state index contributed by atoms with van der Waals surface area (Å²) in [5.41, 5.74) is -1.77. The fraction of sp³-hybridized carbons (Fsp3) is 0.444. The van der Waals surface area contributed by atoms with E-state index in [1.54, 1.807) is 31.2 Å². The molecule has 7 nitrogen and oxygen atoms in total. The first-order chi connectivity index (χ1) is 12.3. The van der Waals surface area contributed by atoms with Crippen LogP contribution in [0.1, 0.15) is 38.2 Å². The highest BCUT2D eigenvalue weighted by Gasteiger charge is 2.50. The SMILES string of the molecule is C[C@]1(c2ccccc2Cl)NC(=O)N(CC(=O)NC2(C#N)CCCC2)C1=O. The van der Waals surface area contributed by atoms with Crippen molar-refractivity contribution in [3.8, 4) is 6.07 Å². The molecule has 3 rings (SSSR count). The van der Waals surface area contributed by atoms with Gasteiger partial charge in [0.2, 0.25) is 5.91 Å². The van der Waals surface area contributed by atoms with E-state index in [-0.39, 0.29) is 0 Å². The zero-order valence-corrected chi connectivity index (χ0v) is 15.1. The Bertz CT molecular complexity index is 813. The van der Waals surface area contributed by atoms with E-state index in [2.05, 4.69) is 16.7 Å². The highest BCUT2D eigenvalue weighted by Crippen LogP contribution is 2.33. The molecular formula is C18H19ClN4O3. The van der Waals surface area contributed by atoms with E-state index >= 15 is 0 Å². The lowest BCUT2D eigenvalue weighted by atomic mass is 9.92. The van der Waals surface area contributed by atoms with Crippen molar-refractivity contribution in [1.29, 1.82) is 5.26 Å². The van der Waals surface area contributed by atoms with Crippen LogP contribution < -0.4 is 10.6 Å². The van der Waals surface area contributed by atoms with Gasteiger partial charge in [-0.25, -0.2) is 4.79 Å². The number of nitrogens with zero attached hydrogens (tertiary/aromatic N) is 2. The van der Waals surface area contributed by atoms with Gasteiger partial charge >= 0.3 is 6.03 Å². The van der Waals surface area contributed by atoms with Crippen molar-refractivity contribution in [3.63, 3.8) is 0 Å². The molecule has 2 fully saturated rings. The average molecular weight is 375 g/mol. The van der Waals surface area contributed by atoms with E-state index in [9.17, 15) is 19.6 Å². The van der Waals surface area contributed by atoms with Gasteiger partial charge in [-0.1, -0.05) is 29.8 Å². The van der Waals surface area contributed by atoms with Crippen molar-refractivity contribution < 1.29 is 14.4 Å². The molecule has 0 bridgehead atoms. The Morgan fingerprint density at radius 3 is 2.62 bits per heavy atom. The number of hydrogen-bond acceptors (Lipinski definition) is 4. The molecule has 1 atom stereocenters. The van der Waals surface area contributed by atoms with Gasteiger partial charge in [-0.05, 0) is 38.7 Å². The van der Waals surface area contributed by atoms with Crippen LogP contribution in [0.25, 0.3) is 0 Å². The van der Waals surface area contributed by atoms with Crippen LogP contribution in [-0.2, 0) is 15.1 Å². The number of carbonyl (C=O) groups is 3. The molecule has 1 saturated carbocycles. The summed E-state index contributed by atoms with van der Waals surface area (Å²) < 4.78 is 0. The van der Waals surface area contributed by atoms with Gasteiger partial charge in [0.05, 0.1) is 6.07 Å². The Kier molecular flexibility index (Phi) is 4.63. The summed E-state index contributed by atoms with van der Waals surface area (Å²) in [6.07, 6.45) is 2.88. The number of imide groups is 1. The summed E-state index contributed by atoms with van der Waals surface area (Å²) in [5, 5.41) is 15.0. The first kappa shape index (κ1) is 18.2. The van der Waals surface area contributed by atoms with Crippen LogP contribution in [0.5, 0.6) is 0 Å². The molecule has 2 aliphatic rings. The normalized spacial score (nSPS) is 24.3. The number of rotatable bonds is 4. The van der Waals surface area contributed by atoms with Crippen LogP contribution in [0.4, 0.5) is 4.79 Å². The second-order valence-electron chi connectivity index (χ2n) is 6.88. The minimum Gasteiger partial charge on any atom is -0.336 e. The van der Waals surface area contributed by atoms with Crippen molar-refractivity contribution in [2.24, 2.45) is 0 Å². The molecule has 136 valence electrons. The minimum atomic E-state index is -1.34. The zero-order chi connectivity index (χ0) is 18.9. The first-order valence-electron chi connectivity index (χ1n) is 8.43. The molecule has 1 heterocycles. The fourth-order valence-electron chi connectivity index (χ4n) is 3.58. The Balaban J connectivity index is 1.77. The van der Waals surface area contributed by atoms with Crippen LogP contribution in [0, 0.1) is 11.3 Å². The number of nitriles is 1. The summed E-state index contributed by atoms with van der Waals surface area (Å²) in [4.78, 5) is 38.4. The third-order valence-electron chi connectivity index (χ3n) is 5.04. The smallest absolute Gasteiger partial charge is 0.325 e. The largest absolute Gasteiger partial charge is 0.336 e. The van der Waals surface area contributed by atoms with Gasteiger partial charge in [-0.15, -0.1) is 0 Å². The average Bonchev–Trinajstić information content (AvgIpc) is 3.15. The van der Waals surface area contributed by atoms with E-state index in [1.807, 2.05) is 0 Å². The molecule has 1 aromatic rings. The number of halogens is 1. The number of hydrogen-bond donors (Lipinski definition) is 2. The Labute approximate surface area is 156 Å². The van der Waals surface area contributed by atoms with Crippen molar-refractivity contribution in [2.45, 2.75) is 43.7 Å².